The first-order chi connectivity index (χ1) is 8.07. The highest BCUT2D eigenvalue weighted by Gasteiger charge is 2.33. The van der Waals surface area contributed by atoms with E-state index in [1.165, 1.54) is 0 Å². The van der Waals surface area contributed by atoms with Crippen molar-refractivity contribution in [2.45, 2.75) is 32.4 Å². The van der Waals surface area contributed by atoms with Crippen LogP contribution in [-0.4, -0.2) is 49.7 Å². The van der Waals surface area contributed by atoms with Crippen LogP contribution in [0.3, 0.4) is 0 Å². The molecule has 1 fully saturated rings. The van der Waals surface area contributed by atoms with Crippen molar-refractivity contribution in [3.05, 3.63) is 0 Å². The summed E-state index contributed by atoms with van der Waals surface area (Å²) in [6, 6.07) is -0.471. The average molecular weight is 281 g/mol. The summed E-state index contributed by atoms with van der Waals surface area (Å²) in [4.78, 5) is 11.5. The monoisotopic (exact) mass is 281 g/mol. The van der Waals surface area contributed by atoms with Gasteiger partial charge in [0.05, 0.1) is 25.0 Å². The van der Waals surface area contributed by atoms with Crippen LogP contribution in [0.25, 0.3) is 0 Å². The van der Waals surface area contributed by atoms with Crippen molar-refractivity contribution in [3.63, 3.8) is 0 Å². The molecule has 106 valence electrons. The number of ether oxygens (including phenoxy) is 2. The van der Waals surface area contributed by atoms with Crippen LogP contribution in [0.15, 0.2) is 0 Å². The molecule has 8 heteroatoms. The fourth-order valence-electron chi connectivity index (χ4n) is 1.65. The van der Waals surface area contributed by atoms with Crippen molar-refractivity contribution >= 4 is 16.2 Å². The van der Waals surface area contributed by atoms with Gasteiger partial charge in [0.1, 0.15) is 5.60 Å². The summed E-state index contributed by atoms with van der Waals surface area (Å²) in [7, 11) is -4.08. The minimum absolute atomic E-state index is 0.181. The molecule has 18 heavy (non-hydrogen) atoms. The van der Waals surface area contributed by atoms with Crippen molar-refractivity contribution in [1.82, 2.24) is 5.32 Å². The highest BCUT2D eigenvalue weighted by molar-refractivity contribution is 7.85. The van der Waals surface area contributed by atoms with Gasteiger partial charge in [0.15, 0.2) is 0 Å². The maximum atomic E-state index is 11.5. The Bertz CT molecular complexity index is 399. The minimum atomic E-state index is -4.08. The smallest absolute Gasteiger partial charge is 0.407 e. The molecule has 2 atom stereocenters. The second-order valence-corrected chi connectivity index (χ2v) is 6.80. The van der Waals surface area contributed by atoms with Crippen LogP contribution in [-0.2, 0) is 19.6 Å². The predicted molar refractivity (Wildman–Crippen MR) is 63.9 cm³/mol. The normalized spacial score (nSPS) is 24.9. The van der Waals surface area contributed by atoms with Gasteiger partial charge in [-0.25, -0.2) is 4.79 Å². The summed E-state index contributed by atoms with van der Waals surface area (Å²) in [5.41, 5.74) is -0.623. The average Bonchev–Trinajstić information content (AvgIpc) is 2.45. The molecule has 2 N–H and O–H groups in total. The van der Waals surface area contributed by atoms with Crippen molar-refractivity contribution in [2.75, 3.05) is 19.0 Å². The van der Waals surface area contributed by atoms with Gasteiger partial charge >= 0.3 is 6.09 Å². The Balaban J connectivity index is 2.53. The van der Waals surface area contributed by atoms with Gasteiger partial charge in [-0.3, -0.25) is 4.55 Å². The van der Waals surface area contributed by atoms with E-state index in [1.54, 1.807) is 20.8 Å². The Morgan fingerprint density at radius 1 is 1.44 bits per heavy atom. The molecule has 0 radical (unpaired) electrons. The van der Waals surface area contributed by atoms with Gasteiger partial charge in [-0.2, -0.15) is 8.42 Å². The topological polar surface area (TPSA) is 102 Å². The van der Waals surface area contributed by atoms with Crippen LogP contribution in [0.4, 0.5) is 4.79 Å². The summed E-state index contributed by atoms with van der Waals surface area (Å²) in [6.45, 7) is 5.58. The predicted octanol–water partition coefficient (Wildman–Crippen LogP) is 0.414. The highest BCUT2D eigenvalue weighted by atomic mass is 32.2. The molecule has 1 heterocycles. The molecule has 1 saturated heterocycles. The van der Waals surface area contributed by atoms with Gasteiger partial charge in [0.25, 0.3) is 10.1 Å². The second kappa shape index (κ2) is 5.41. The molecular formula is C10H19NO6S. The fourth-order valence-corrected chi connectivity index (χ4v) is 2.52. The Kier molecular flexibility index (Phi) is 4.57. The molecule has 0 unspecified atom stereocenters. The molecule has 0 aromatic heterocycles. The Morgan fingerprint density at radius 3 is 2.56 bits per heavy atom. The Hall–Kier alpha value is -0.860. The lowest BCUT2D eigenvalue weighted by Gasteiger charge is -2.23. The second-order valence-electron chi connectivity index (χ2n) is 5.30. The number of hydrogen-bond donors (Lipinski definition) is 2. The number of amides is 1. The van der Waals surface area contributed by atoms with E-state index in [0.717, 1.165) is 0 Å². The molecule has 0 aromatic carbocycles. The van der Waals surface area contributed by atoms with Gasteiger partial charge in [-0.15, -0.1) is 0 Å². The molecule has 1 aliphatic heterocycles. The molecule has 0 spiro atoms. The number of nitrogens with one attached hydrogen (secondary N) is 1. The van der Waals surface area contributed by atoms with Crippen LogP contribution in [0, 0.1) is 5.92 Å². The third-order valence-electron chi connectivity index (χ3n) is 2.33. The van der Waals surface area contributed by atoms with E-state index in [2.05, 4.69) is 5.32 Å². The number of rotatable bonds is 3. The molecule has 1 aliphatic rings. The van der Waals surface area contributed by atoms with Crippen LogP contribution in [0.2, 0.25) is 0 Å². The Morgan fingerprint density at radius 2 is 2.06 bits per heavy atom. The lowest BCUT2D eigenvalue weighted by molar-refractivity contribution is 0.0492. The number of carbonyl (C=O) groups excluding carboxylic acids is 1. The largest absolute Gasteiger partial charge is 0.444 e. The zero-order valence-electron chi connectivity index (χ0n) is 10.7. The quantitative estimate of drug-likeness (QED) is 0.727. The molecule has 7 nitrogen and oxygen atoms in total. The van der Waals surface area contributed by atoms with Crippen LogP contribution >= 0.6 is 0 Å². The van der Waals surface area contributed by atoms with Gasteiger partial charge in [-0.1, -0.05) is 0 Å². The Labute approximate surface area is 107 Å². The van der Waals surface area contributed by atoms with Crippen LogP contribution in [0.5, 0.6) is 0 Å². The van der Waals surface area contributed by atoms with E-state index in [0.29, 0.717) is 0 Å². The molecule has 0 aromatic rings. The molecule has 1 amide bonds. The molecule has 0 saturated carbocycles. The van der Waals surface area contributed by atoms with E-state index < -0.39 is 39.5 Å². The molecular weight excluding hydrogens is 262 g/mol. The highest BCUT2D eigenvalue weighted by Crippen LogP contribution is 2.16. The summed E-state index contributed by atoms with van der Waals surface area (Å²) in [5.74, 6) is -0.902. The van der Waals surface area contributed by atoms with E-state index in [4.69, 9.17) is 14.0 Å². The van der Waals surface area contributed by atoms with E-state index in [-0.39, 0.29) is 13.2 Å². The van der Waals surface area contributed by atoms with Crippen molar-refractivity contribution in [1.29, 1.82) is 0 Å². The van der Waals surface area contributed by atoms with E-state index in [9.17, 15) is 13.2 Å². The lowest BCUT2D eigenvalue weighted by Crippen LogP contribution is -2.44. The maximum absolute atomic E-state index is 11.5. The first kappa shape index (κ1) is 15.2. The zero-order chi connectivity index (χ0) is 14.0. The number of carbonyl (C=O) groups is 1. The van der Waals surface area contributed by atoms with Crippen LogP contribution in [0.1, 0.15) is 20.8 Å². The molecule has 0 aliphatic carbocycles. The van der Waals surface area contributed by atoms with Crippen molar-refractivity contribution < 1.29 is 27.2 Å². The van der Waals surface area contributed by atoms with Crippen molar-refractivity contribution in [3.8, 4) is 0 Å². The van der Waals surface area contributed by atoms with Gasteiger partial charge < -0.3 is 14.8 Å². The minimum Gasteiger partial charge on any atom is -0.444 e. The van der Waals surface area contributed by atoms with E-state index >= 15 is 0 Å². The first-order valence-corrected chi connectivity index (χ1v) is 7.20. The van der Waals surface area contributed by atoms with Gasteiger partial charge in [-0.05, 0) is 20.8 Å². The van der Waals surface area contributed by atoms with Gasteiger partial charge in [0.2, 0.25) is 0 Å². The standard InChI is InChI=1S/C10H19NO6S/c1-10(2,3)17-9(12)11-8-5-16-4-7(8)6-18(13,14)15/h7-8H,4-6H2,1-3H3,(H,11,12)(H,13,14,15)/t7-,8-/m1/s1. The SMILES string of the molecule is CC(C)(C)OC(=O)N[C@@H]1COC[C@@H]1CS(=O)(=O)O. The van der Waals surface area contributed by atoms with Crippen LogP contribution < -0.4 is 5.32 Å². The lowest BCUT2D eigenvalue weighted by atomic mass is 10.1. The summed E-state index contributed by atoms with van der Waals surface area (Å²) < 4.78 is 40.6. The molecule has 0 bridgehead atoms. The van der Waals surface area contributed by atoms with E-state index in [1.807, 2.05) is 0 Å². The van der Waals surface area contributed by atoms with Gasteiger partial charge in [0, 0.05) is 5.92 Å². The third-order valence-corrected chi connectivity index (χ3v) is 3.17. The van der Waals surface area contributed by atoms with Crippen molar-refractivity contribution in [2.24, 2.45) is 5.92 Å². The number of hydrogen-bond acceptors (Lipinski definition) is 5. The third kappa shape index (κ3) is 5.65. The maximum Gasteiger partial charge on any atom is 0.407 e. The number of alkyl carbamates (subject to hydrolysis) is 1. The zero-order valence-corrected chi connectivity index (χ0v) is 11.5. The summed E-state index contributed by atoms with van der Waals surface area (Å²) in [6.07, 6.45) is -0.627. The molecule has 1 rings (SSSR count). The summed E-state index contributed by atoms with van der Waals surface area (Å²) in [5, 5.41) is 2.55. The first-order valence-electron chi connectivity index (χ1n) is 5.59. The summed E-state index contributed by atoms with van der Waals surface area (Å²) >= 11 is 0. The fraction of sp³-hybridized carbons (Fsp3) is 0.900.